The Morgan fingerprint density at radius 2 is 1.60 bits per heavy atom. The van der Waals surface area contributed by atoms with Crippen LogP contribution in [-0.4, -0.2) is 84.2 Å². The molecule has 7 heteroatoms. The second-order valence-corrected chi connectivity index (χ2v) is 7.58. The number of ether oxygens (including phenoxy) is 1. The quantitative estimate of drug-likeness (QED) is 0.802. The molecule has 1 heterocycles. The van der Waals surface area contributed by atoms with Crippen molar-refractivity contribution < 1.29 is 14.3 Å². The molecule has 0 radical (unpaired) electrons. The maximum atomic E-state index is 13.0. The number of carbonyl (C=O) groups is 2. The predicted molar refractivity (Wildman–Crippen MR) is 97.2 cm³/mol. The van der Waals surface area contributed by atoms with Crippen molar-refractivity contribution in [2.45, 2.75) is 52.7 Å². The molecule has 1 aliphatic carbocycles. The molecule has 0 spiro atoms. The number of piperazine rings is 1. The summed E-state index contributed by atoms with van der Waals surface area (Å²) in [7, 11) is 0. The highest BCUT2D eigenvalue weighted by Gasteiger charge is 2.63. The van der Waals surface area contributed by atoms with Gasteiger partial charge >= 0.3 is 6.03 Å². The Labute approximate surface area is 151 Å². The van der Waals surface area contributed by atoms with Crippen molar-refractivity contribution in [3.05, 3.63) is 0 Å². The van der Waals surface area contributed by atoms with Crippen LogP contribution < -0.4 is 5.73 Å². The van der Waals surface area contributed by atoms with Crippen molar-refractivity contribution >= 4 is 11.9 Å². The van der Waals surface area contributed by atoms with Crippen LogP contribution in [0.5, 0.6) is 0 Å². The number of carbonyl (C=O) groups excluding carboxylic acids is 2. The highest BCUT2D eigenvalue weighted by molar-refractivity contribution is 5.89. The molecule has 144 valence electrons. The Morgan fingerprint density at radius 1 is 1.08 bits per heavy atom. The molecule has 1 saturated carbocycles. The van der Waals surface area contributed by atoms with Crippen LogP contribution in [0.15, 0.2) is 0 Å². The van der Waals surface area contributed by atoms with E-state index in [9.17, 15) is 9.59 Å². The molecule has 0 aromatic rings. The zero-order valence-electron chi connectivity index (χ0n) is 16.4. The van der Waals surface area contributed by atoms with Gasteiger partial charge in [0.1, 0.15) is 5.54 Å². The van der Waals surface area contributed by atoms with Gasteiger partial charge in [-0.1, -0.05) is 13.8 Å². The first kappa shape index (κ1) is 20.0. The van der Waals surface area contributed by atoms with E-state index in [-0.39, 0.29) is 23.5 Å². The van der Waals surface area contributed by atoms with Crippen molar-refractivity contribution in [2.75, 3.05) is 45.9 Å². The third-order valence-electron chi connectivity index (χ3n) is 6.08. The van der Waals surface area contributed by atoms with Gasteiger partial charge in [-0.05, 0) is 20.8 Å². The summed E-state index contributed by atoms with van der Waals surface area (Å²) in [4.78, 5) is 30.9. The lowest BCUT2D eigenvalue weighted by Gasteiger charge is -2.59. The minimum Gasteiger partial charge on any atom is -0.378 e. The van der Waals surface area contributed by atoms with Gasteiger partial charge in [0.2, 0.25) is 5.91 Å². The molecule has 2 aliphatic rings. The third kappa shape index (κ3) is 3.36. The summed E-state index contributed by atoms with van der Waals surface area (Å²) in [6, 6.07) is 0.0555. The lowest BCUT2D eigenvalue weighted by atomic mass is 9.54. The summed E-state index contributed by atoms with van der Waals surface area (Å²) in [5, 5.41) is 0. The first-order valence-electron chi connectivity index (χ1n) is 9.46. The molecule has 25 heavy (non-hydrogen) atoms. The van der Waals surface area contributed by atoms with Gasteiger partial charge in [-0.15, -0.1) is 0 Å². The summed E-state index contributed by atoms with van der Waals surface area (Å²) in [5.41, 5.74) is 5.24. The fourth-order valence-corrected chi connectivity index (χ4v) is 3.88. The van der Waals surface area contributed by atoms with Crippen LogP contribution in [0, 0.1) is 5.41 Å². The molecule has 2 unspecified atom stereocenters. The fourth-order valence-electron chi connectivity index (χ4n) is 3.88. The van der Waals surface area contributed by atoms with Crippen molar-refractivity contribution in [3.8, 4) is 0 Å². The molecule has 0 aromatic heterocycles. The van der Waals surface area contributed by atoms with Gasteiger partial charge in [-0.3, -0.25) is 4.79 Å². The Morgan fingerprint density at radius 3 is 2.04 bits per heavy atom. The second kappa shape index (κ2) is 7.50. The van der Waals surface area contributed by atoms with E-state index in [0.29, 0.717) is 52.3 Å². The Bertz CT molecular complexity index is 499. The van der Waals surface area contributed by atoms with Crippen LogP contribution in [0.4, 0.5) is 4.79 Å². The van der Waals surface area contributed by atoms with E-state index in [4.69, 9.17) is 10.5 Å². The third-order valence-corrected chi connectivity index (χ3v) is 6.08. The van der Waals surface area contributed by atoms with E-state index in [1.807, 2.05) is 49.3 Å². The highest BCUT2D eigenvalue weighted by atomic mass is 16.5. The SMILES string of the molecule is CCOC1CC(N)(C(=O)N2CCN(C(=O)N(CC)CC)CC2)C1(C)C. The van der Waals surface area contributed by atoms with E-state index < -0.39 is 5.54 Å². The number of hydrogen-bond acceptors (Lipinski definition) is 4. The molecule has 2 atom stereocenters. The van der Waals surface area contributed by atoms with E-state index in [0.717, 1.165) is 0 Å². The topological polar surface area (TPSA) is 79.1 Å². The van der Waals surface area contributed by atoms with Gasteiger partial charge in [-0.2, -0.15) is 0 Å². The molecule has 2 rings (SSSR count). The van der Waals surface area contributed by atoms with Gasteiger partial charge in [0.15, 0.2) is 0 Å². The van der Waals surface area contributed by atoms with Gasteiger partial charge in [0.25, 0.3) is 0 Å². The fraction of sp³-hybridized carbons (Fsp3) is 0.889. The number of rotatable bonds is 5. The van der Waals surface area contributed by atoms with Crippen molar-refractivity contribution in [3.63, 3.8) is 0 Å². The second-order valence-electron chi connectivity index (χ2n) is 7.58. The zero-order valence-corrected chi connectivity index (χ0v) is 16.4. The average molecular weight is 354 g/mol. The van der Waals surface area contributed by atoms with Gasteiger partial charge in [0.05, 0.1) is 6.10 Å². The predicted octanol–water partition coefficient (Wildman–Crippen LogP) is 1.12. The Kier molecular flexibility index (Phi) is 5.99. The van der Waals surface area contributed by atoms with Gasteiger partial charge < -0.3 is 25.2 Å². The van der Waals surface area contributed by atoms with Crippen LogP contribution in [0.3, 0.4) is 0 Å². The average Bonchev–Trinajstić information content (AvgIpc) is 2.61. The van der Waals surface area contributed by atoms with E-state index in [1.165, 1.54) is 0 Å². The van der Waals surface area contributed by atoms with Crippen molar-refractivity contribution in [1.82, 2.24) is 14.7 Å². The first-order chi connectivity index (χ1) is 11.7. The van der Waals surface area contributed by atoms with E-state index >= 15 is 0 Å². The van der Waals surface area contributed by atoms with Crippen LogP contribution in [0.1, 0.15) is 41.0 Å². The largest absolute Gasteiger partial charge is 0.378 e. The Balaban J connectivity index is 1.95. The molecule has 2 N–H and O–H groups in total. The monoisotopic (exact) mass is 354 g/mol. The summed E-state index contributed by atoms with van der Waals surface area (Å²) >= 11 is 0. The number of amides is 3. The molecular formula is C18H34N4O3. The molecule has 0 aromatic carbocycles. The molecule has 1 aliphatic heterocycles. The molecule has 2 fully saturated rings. The van der Waals surface area contributed by atoms with Crippen molar-refractivity contribution in [1.29, 1.82) is 0 Å². The summed E-state index contributed by atoms with van der Waals surface area (Å²) in [6.07, 6.45) is 0.586. The summed E-state index contributed by atoms with van der Waals surface area (Å²) in [5.74, 6) is -0.0107. The lowest BCUT2D eigenvalue weighted by Crippen LogP contribution is -2.76. The van der Waals surface area contributed by atoms with Crippen LogP contribution in [0.2, 0.25) is 0 Å². The first-order valence-corrected chi connectivity index (χ1v) is 9.46. The van der Waals surface area contributed by atoms with E-state index in [1.54, 1.807) is 0 Å². The molecule has 7 nitrogen and oxygen atoms in total. The maximum absolute atomic E-state index is 13.0. The van der Waals surface area contributed by atoms with Crippen LogP contribution >= 0.6 is 0 Å². The van der Waals surface area contributed by atoms with Gasteiger partial charge in [0, 0.05) is 57.7 Å². The smallest absolute Gasteiger partial charge is 0.320 e. The molecule has 3 amide bonds. The normalized spacial score (nSPS) is 28.5. The zero-order chi connectivity index (χ0) is 18.8. The summed E-state index contributed by atoms with van der Waals surface area (Å²) in [6.45, 7) is 14.2. The minimum absolute atomic E-state index is 0.0107. The highest BCUT2D eigenvalue weighted by Crippen LogP contribution is 2.50. The van der Waals surface area contributed by atoms with Crippen LogP contribution in [-0.2, 0) is 9.53 Å². The maximum Gasteiger partial charge on any atom is 0.320 e. The van der Waals surface area contributed by atoms with Gasteiger partial charge in [-0.25, -0.2) is 4.79 Å². The van der Waals surface area contributed by atoms with E-state index in [2.05, 4.69) is 0 Å². The van der Waals surface area contributed by atoms with Crippen LogP contribution in [0.25, 0.3) is 0 Å². The lowest BCUT2D eigenvalue weighted by molar-refractivity contribution is -0.180. The van der Waals surface area contributed by atoms with Crippen molar-refractivity contribution in [2.24, 2.45) is 11.1 Å². The number of nitrogens with two attached hydrogens (primary N) is 1. The number of hydrogen-bond donors (Lipinski definition) is 1. The number of nitrogens with zero attached hydrogens (tertiary/aromatic N) is 3. The minimum atomic E-state index is -0.877. The summed E-state index contributed by atoms with van der Waals surface area (Å²) < 4.78 is 5.72. The number of urea groups is 1. The molecular weight excluding hydrogens is 320 g/mol. The molecule has 0 bridgehead atoms. The standard InChI is InChI=1S/C18H34N4O3/c1-6-20(7-2)16(24)22-11-9-21(10-12-22)15(23)18(19)13-14(25-8-3)17(18,4)5/h14H,6-13,19H2,1-5H3. The molecule has 1 saturated heterocycles. The Hall–Kier alpha value is -1.34.